The van der Waals surface area contributed by atoms with Gasteiger partial charge in [0.2, 0.25) is 0 Å². The van der Waals surface area contributed by atoms with Crippen molar-refractivity contribution >= 4 is 34.6 Å². The van der Waals surface area contributed by atoms with Crippen LogP contribution in [0.15, 0.2) is 95.1 Å². The predicted octanol–water partition coefficient (Wildman–Crippen LogP) is 3.39. The molecule has 0 aromatic heterocycles. The van der Waals surface area contributed by atoms with Crippen LogP contribution in [0.25, 0.3) is 0 Å². The van der Waals surface area contributed by atoms with Gasteiger partial charge >= 0.3 is 0 Å². The lowest BCUT2D eigenvalue weighted by atomic mass is 9.97. The van der Waals surface area contributed by atoms with Gasteiger partial charge in [-0.3, -0.25) is 9.59 Å². The molecular formula is C28H29N5O4. The second-order valence-corrected chi connectivity index (χ2v) is 8.26. The summed E-state index contributed by atoms with van der Waals surface area (Å²) < 4.78 is 10.9. The Hall–Kier alpha value is -4.79. The third-order valence-corrected chi connectivity index (χ3v) is 5.82. The van der Waals surface area contributed by atoms with Crippen molar-refractivity contribution in [2.24, 2.45) is 16.5 Å². The number of anilines is 2. The highest BCUT2D eigenvalue weighted by atomic mass is 16.5. The van der Waals surface area contributed by atoms with Crippen molar-refractivity contribution < 1.29 is 19.1 Å². The van der Waals surface area contributed by atoms with Crippen LogP contribution in [0, 0.1) is 0 Å². The number of hydrogen-bond donors (Lipinski definition) is 3. The van der Waals surface area contributed by atoms with E-state index in [0.717, 1.165) is 11.4 Å². The first-order valence-corrected chi connectivity index (χ1v) is 11.8. The Kier molecular flexibility index (Phi) is 8.05. The molecule has 0 bridgehead atoms. The molecule has 2 amide bonds. The first-order valence-electron chi connectivity index (χ1n) is 11.8. The summed E-state index contributed by atoms with van der Waals surface area (Å²) in [5.41, 5.74) is 13.7. The topological polar surface area (TPSA) is 132 Å². The molecule has 3 aromatic rings. The summed E-state index contributed by atoms with van der Waals surface area (Å²) in [5.74, 6) is 0.305. The average Bonchev–Trinajstić information content (AvgIpc) is 2.93. The number of primary amides is 1. The average molecular weight is 500 g/mol. The van der Waals surface area contributed by atoms with Gasteiger partial charge in [0, 0.05) is 30.0 Å². The minimum Gasteiger partial charge on any atom is -0.497 e. The van der Waals surface area contributed by atoms with Crippen LogP contribution < -0.4 is 31.2 Å². The summed E-state index contributed by atoms with van der Waals surface area (Å²) in [5, 5.41) is 3.32. The number of benzene rings is 3. The summed E-state index contributed by atoms with van der Waals surface area (Å²) in [6.45, 7) is 1.39. The second kappa shape index (κ2) is 11.8. The molecule has 1 saturated heterocycles. The monoisotopic (exact) mass is 499 g/mol. The van der Waals surface area contributed by atoms with Crippen LogP contribution in [0.4, 0.5) is 17.1 Å². The van der Waals surface area contributed by atoms with Gasteiger partial charge < -0.3 is 31.2 Å². The highest BCUT2D eigenvalue weighted by Gasteiger charge is 2.32. The van der Waals surface area contributed by atoms with Gasteiger partial charge in [0.05, 0.1) is 12.8 Å². The molecule has 1 fully saturated rings. The van der Waals surface area contributed by atoms with Crippen LogP contribution in [0.2, 0.25) is 0 Å². The molecule has 9 nitrogen and oxygen atoms in total. The number of nitrogens with one attached hydrogen (secondary N) is 1. The van der Waals surface area contributed by atoms with E-state index in [9.17, 15) is 9.59 Å². The lowest BCUT2D eigenvalue weighted by Crippen LogP contribution is -2.44. The van der Waals surface area contributed by atoms with E-state index in [1.54, 1.807) is 36.3 Å². The highest BCUT2D eigenvalue weighted by molar-refractivity contribution is 6.51. The Balaban J connectivity index is 1.53. The fourth-order valence-corrected chi connectivity index (χ4v) is 3.92. The van der Waals surface area contributed by atoms with Crippen LogP contribution in [-0.2, 0) is 9.59 Å². The SMILES string of the molecule is COc1ccc(N=C2C(=O)N(c3cccc(NCCOc4ccccc4)c3)CCC2=C(N)C(N)=O)cc1. The molecule has 0 spiro atoms. The molecule has 9 heteroatoms. The standard InChI is InChI=1S/C28H29N5O4/c1-36-22-12-10-19(11-13-22)32-26-24(25(29)27(30)34)14-16-33(28(26)35)21-7-5-6-20(18-21)31-15-17-37-23-8-3-2-4-9-23/h2-13,18,31H,14-17,29H2,1H3,(H2,30,34). The van der Waals surface area contributed by atoms with E-state index in [4.69, 9.17) is 20.9 Å². The van der Waals surface area contributed by atoms with Crippen molar-refractivity contribution in [3.8, 4) is 11.5 Å². The number of aliphatic imine (C=N–C) groups is 1. The van der Waals surface area contributed by atoms with E-state index < -0.39 is 5.91 Å². The molecular weight excluding hydrogens is 470 g/mol. The number of methoxy groups -OCH3 is 1. The number of carbonyl (C=O) groups is 2. The van der Waals surface area contributed by atoms with E-state index in [1.807, 2.05) is 54.6 Å². The van der Waals surface area contributed by atoms with Gasteiger partial charge in [-0.1, -0.05) is 24.3 Å². The number of nitrogens with two attached hydrogens (primary N) is 2. The lowest BCUT2D eigenvalue weighted by Gasteiger charge is -2.30. The third-order valence-electron chi connectivity index (χ3n) is 5.82. The number of ether oxygens (including phenoxy) is 2. The summed E-state index contributed by atoms with van der Waals surface area (Å²) >= 11 is 0. The number of hydrogen-bond acceptors (Lipinski definition) is 7. The minimum absolute atomic E-state index is 0.0855. The number of amides is 2. The Morgan fingerprint density at radius 3 is 2.46 bits per heavy atom. The first-order chi connectivity index (χ1) is 18.0. The van der Waals surface area contributed by atoms with Gasteiger partial charge in [0.1, 0.15) is 29.5 Å². The zero-order valence-corrected chi connectivity index (χ0v) is 20.5. The number of nitrogens with zero attached hydrogens (tertiary/aromatic N) is 2. The Bertz CT molecular complexity index is 1320. The molecule has 0 radical (unpaired) electrons. The van der Waals surface area contributed by atoms with Gasteiger partial charge in [0.15, 0.2) is 0 Å². The van der Waals surface area contributed by atoms with Gasteiger partial charge in [-0.05, 0) is 61.0 Å². The van der Waals surface area contributed by atoms with E-state index in [0.29, 0.717) is 48.8 Å². The van der Waals surface area contributed by atoms with Crippen molar-refractivity contribution in [2.75, 3.05) is 37.0 Å². The largest absolute Gasteiger partial charge is 0.497 e. The number of piperidine rings is 1. The Labute approximate surface area is 215 Å². The van der Waals surface area contributed by atoms with Crippen molar-refractivity contribution in [2.45, 2.75) is 6.42 Å². The van der Waals surface area contributed by atoms with Crippen LogP contribution >= 0.6 is 0 Å². The van der Waals surface area contributed by atoms with E-state index in [-0.39, 0.29) is 17.3 Å². The summed E-state index contributed by atoms with van der Waals surface area (Å²) in [6.07, 6.45) is 0.331. The Morgan fingerprint density at radius 2 is 1.76 bits per heavy atom. The molecule has 4 rings (SSSR count). The molecule has 190 valence electrons. The molecule has 1 heterocycles. The molecule has 3 aromatic carbocycles. The van der Waals surface area contributed by atoms with Crippen LogP contribution in [-0.4, -0.2) is 44.3 Å². The molecule has 0 atom stereocenters. The number of rotatable bonds is 9. The number of para-hydroxylation sites is 1. The highest BCUT2D eigenvalue weighted by Crippen LogP contribution is 2.28. The fourth-order valence-electron chi connectivity index (χ4n) is 3.92. The molecule has 0 aliphatic carbocycles. The van der Waals surface area contributed by atoms with Crippen LogP contribution in [0.3, 0.4) is 0 Å². The molecule has 0 unspecified atom stereocenters. The van der Waals surface area contributed by atoms with Crippen molar-refractivity contribution in [1.82, 2.24) is 0 Å². The smallest absolute Gasteiger partial charge is 0.277 e. The maximum absolute atomic E-state index is 13.6. The lowest BCUT2D eigenvalue weighted by molar-refractivity contribution is -0.114. The molecule has 0 saturated carbocycles. The van der Waals surface area contributed by atoms with Gasteiger partial charge in [-0.2, -0.15) is 0 Å². The van der Waals surface area contributed by atoms with E-state index in [2.05, 4.69) is 10.3 Å². The zero-order valence-electron chi connectivity index (χ0n) is 20.5. The van der Waals surface area contributed by atoms with Gasteiger partial charge in [-0.25, -0.2) is 4.99 Å². The fraction of sp³-hybridized carbons (Fsp3) is 0.179. The van der Waals surface area contributed by atoms with Gasteiger partial charge in [0.25, 0.3) is 11.8 Å². The second-order valence-electron chi connectivity index (χ2n) is 8.26. The summed E-state index contributed by atoms with van der Waals surface area (Å²) in [7, 11) is 1.57. The van der Waals surface area contributed by atoms with Crippen LogP contribution in [0.5, 0.6) is 11.5 Å². The summed E-state index contributed by atoms with van der Waals surface area (Å²) in [6, 6.07) is 24.0. The van der Waals surface area contributed by atoms with Crippen LogP contribution in [0.1, 0.15) is 6.42 Å². The van der Waals surface area contributed by atoms with Crippen molar-refractivity contribution in [1.29, 1.82) is 0 Å². The molecule has 37 heavy (non-hydrogen) atoms. The first kappa shape index (κ1) is 25.3. The zero-order chi connectivity index (χ0) is 26.2. The maximum atomic E-state index is 13.6. The molecule has 5 N–H and O–H groups in total. The normalized spacial score (nSPS) is 15.9. The minimum atomic E-state index is -0.789. The quantitative estimate of drug-likeness (QED) is 0.305. The molecule has 1 aliphatic heterocycles. The third kappa shape index (κ3) is 6.26. The van der Waals surface area contributed by atoms with E-state index in [1.165, 1.54) is 0 Å². The Morgan fingerprint density at radius 1 is 1.00 bits per heavy atom. The molecule has 1 aliphatic rings. The summed E-state index contributed by atoms with van der Waals surface area (Å²) in [4.78, 5) is 31.6. The predicted molar refractivity (Wildman–Crippen MR) is 144 cm³/mol. The van der Waals surface area contributed by atoms with Gasteiger partial charge in [-0.15, -0.1) is 0 Å². The number of carbonyl (C=O) groups excluding carboxylic acids is 2. The van der Waals surface area contributed by atoms with Crippen molar-refractivity contribution in [3.05, 3.63) is 90.1 Å². The van der Waals surface area contributed by atoms with Crippen molar-refractivity contribution in [3.63, 3.8) is 0 Å². The van der Waals surface area contributed by atoms with E-state index >= 15 is 0 Å². The maximum Gasteiger partial charge on any atom is 0.277 e.